The molecule has 0 aliphatic carbocycles. The molecule has 35 heavy (non-hydrogen) atoms. The van der Waals surface area contributed by atoms with Crippen molar-refractivity contribution in [2.45, 2.75) is 91.3 Å². The summed E-state index contributed by atoms with van der Waals surface area (Å²) in [5, 5.41) is 5.43. The van der Waals surface area contributed by atoms with Crippen molar-refractivity contribution in [1.82, 2.24) is 15.5 Å². The maximum atomic E-state index is 13.8. The van der Waals surface area contributed by atoms with E-state index in [-0.39, 0.29) is 12.5 Å². The fourth-order valence-corrected chi connectivity index (χ4v) is 3.58. The van der Waals surface area contributed by atoms with E-state index in [1.807, 2.05) is 45.0 Å². The van der Waals surface area contributed by atoms with E-state index < -0.39 is 42.0 Å². The Kier molecular flexibility index (Phi) is 12.3. The van der Waals surface area contributed by atoms with Crippen molar-refractivity contribution in [2.24, 2.45) is 5.73 Å². The molecule has 2 atom stereocenters. The normalized spacial score (nSPS) is 12.9. The second-order valence-electron chi connectivity index (χ2n) is 9.66. The topological polar surface area (TPSA) is 131 Å². The molecule has 0 radical (unpaired) electrons. The molecule has 0 fully saturated rings. The molecule has 0 aliphatic heterocycles. The highest BCUT2D eigenvalue weighted by molar-refractivity contribution is 5.94. The van der Waals surface area contributed by atoms with Crippen LogP contribution < -0.4 is 16.4 Å². The first kappa shape index (κ1) is 29.9. The third kappa shape index (κ3) is 10.4. The summed E-state index contributed by atoms with van der Waals surface area (Å²) in [5.74, 6) is -1.64. The van der Waals surface area contributed by atoms with Crippen LogP contribution in [0.25, 0.3) is 0 Å². The fraction of sp³-hybridized carbons (Fsp3) is 0.615. The summed E-state index contributed by atoms with van der Waals surface area (Å²) >= 11 is 0. The van der Waals surface area contributed by atoms with Crippen molar-refractivity contribution in [3.8, 4) is 0 Å². The number of unbranched alkanes of at least 4 members (excludes halogenated alkanes) is 2. The van der Waals surface area contributed by atoms with Crippen molar-refractivity contribution in [3.05, 3.63) is 35.4 Å². The predicted octanol–water partition coefficient (Wildman–Crippen LogP) is 3.35. The van der Waals surface area contributed by atoms with Gasteiger partial charge < -0.3 is 26.0 Å². The zero-order valence-corrected chi connectivity index (χ0v) is 22.0. The Labute approximate surface area is 209 Å². The van der Waals surface area contributed by atoms with Crippen LogP contribution in [-0.2, 0) is 19.1 Å². The maximum absolute atomic E-state index is 13.8. The highest BCUT2D eigenvalue weighted by Gasteiger charge is 2.37. The average molecular weight is 491 g/mol. The van der Waals surface area contributed by atoms with E-state index in [1.165, 1.54) is 4.90 Å². The lowest BCUT2D eigenvalue weighted by molar-refractivity contribution is -0.143. The number of benzene rings is 1. The Morgan fingerprint density at radius 3 is 2.23 bits per heavy atom. The first-order valence-corrected chi connectivity index (χ1v) is 12.3. The van der Waals surface area contributed by atoms with Crippen molar-refractivity contribution in [3.63, 3.8) is 0 Å². The molecule has 0 spiro atoms. The number of carbonyl (C=O) groups is 4. The van der Waals surface area contributed by atoms with Crippen LogP contribution in [0.3, 0.4) is 0 Å². The van der Waals surface area contributed by atoms with Crippen molar-refractivity contribution < 1.29 is 23.9 Å². The van der Waals surface area contributed by atoms with Gasteiger partial charge in [-0.3, -0.25) is 14.4 Å². The third-order valence-corrected chi connectivity index (χ3v) is 5.30. The van der Waals surface area contributed by atoms with Crippen LogP contribution in [0.5, 0.6) is 0 Å². The van der Waals surface area contributed by atoms with Gasteiger partial charge in [0.15, 0.2) is 0 Å². The number of nitrogens with zero attached hydrogens (tertiary/aromatic N) is 1. The molecule has 9 heteroatoms. The monoisotopic (exact) mass is 490 g/mol. The van der Waals surface area contributed by atoms with Crippen LogP contribution in [0.2, 0.25) is 0 Å². The van der Waals surface area contributed by atoms with Crippen LogP contribution >= 0.6 is 0 Å². The van der Waals surface area contributed by atoms with Crippen LogP contribution in [0.4, 0.5) is 4.79 Å². The molecular weight excluding hydrogens is 448 g/mol. The van der Waals surface area contributed by atoms with E-state index >= 15 is 0 Å². The van der Waals surface area contributed by atoms with Gasteiger partial charge in [-0.25, -0.2) is 4.79 Å². The Bertz CT molecular complexity index is 866. The minimum absolute atomic E-state index is 0.265. The smallest absolute Gasteiger partial charge is 0.408 e. The summed E-state index contributed by atoms with van der Waals surface area (Å²) < 4.78 is 5.29. The Hall–Kier alpha value is -3.10. The Morgan fingerprint density at radius 1 is 1.06 bits per heavy atom. The van der Waals surface area contributed by atoms with Crippen LogP contribution in [0.15, 0.2) is 24.3 Å². The van der Waals surface area contributed by atoms with Crippen LogP contribution in [-0.4, -0.2) is 53.4 Å². The molecule has 0 aliphatic rings. The van der Waals surface area contributed by atoms with E-state index in [0.29, 0.717) is 18.5 Å². The number of primary amides is 1. The summed E-state index contributed by atoms with van der Waals surface area (Å²) in [4.78, 5) is 52.9. The summed E-state index contributed by atoms with van der Waals surface area (Å²) in [6.45, 7) is 11.7. The molecule has 0 heterocycles. The Morgan fingerprint density at radius 2 is 1.69 bits per heavy atom. The van der Waals surface area contributed by atoms with Gasteiger partial charge in [0.25, 0.3) is 0 Å². The molecule has 1 aromatic rings. The second-order valence-corrected chi connectivity index (χ2v) is 9.66. The predicted molar refractivity (Wildman–Crippen MR) is 135 cm³/mol. The molecule has 0 saturated carbocycles. The van der Waals surface area contributed by atoms with Crippen molar-refractivity contribution in [2.75, 3.05) is 13.1 Å². The molecular formula is C26H42N4O5. The van der Waals surface area contributed by atoms with E-state index in [2.05, 4.69) is 10.6 Å². The van der Waals surface area contributed by atoms with E-state index in [9.17, 15) is 19.2 Å². The van der Waals surface area contributed by atoms with E-state index in [4.69, 9.17) is 10.5 Å². The van der Waals surface area contributed by atoms with Gasteiger partial charge in [0.1, 0.15) is 17.7 Å². The van der Waals surface area contributed by atoms with Gasteiger partial charge in [-0.2, -0.15) is 0 Å². The molecule has 4 N–H and O–H groups in total. The zero-order chi connectivity index (χ0) is 26.6. The molecule has 4 amide bonds. The van der Waals surface area contributed by atoms with Crippen LogP contribution in [0, 0.1) is 6.92 Å². The second kappa shape index (κ2) is 14.3. The van der Waals surface area contributed by atoms with Gasteiger partial charge >= 0.3 is 6.09 Å². The van der Waals surface area contributed by atoms with Gasteiger partial charge in [-0.1, -0.05) is 51.0 Å². The molecule has 0 saturated heterocycles. The van der Waals surface area contributed by atoms with Gasteiger partial charge in [-0.15, -0.1) is 0 Å². The van der Waals surface area contributed by atoms with E-state index in [1.54, 1.807) is 20.8 Å². The van der Waals surface area contributed by atoms with E-state index in [0.717, 1.165) is 24.8 Å². The fourth-order valence-electron chi connectivity index (χ4n) is 3.58. The van der Waals surface area contributed by atoms with Gasteiger partial charge in [0.2, 0.25) is 17.7 Å². The lowest BCUT2D eigenvalue weighted by Crippen LogP contribution is -2.54. The van der Waals surface area contributed by atoms with Gasteiger partial charge in [0, 0.05) is 13.1 Å². The Balaban J connectivity index is 3.44. The zero-order valence-electron chi connectivity index (χ0n) is 22.0. The summed E-state index contributed by atoms with van der Waals surface area (Å²) in [6.07, 6.45) is 1.87. The first-order valence-electron chi connectivity index (χ1n) is 12.3. The number of hydrogen-bond donors (Lipinski definition) is 3. The number of aryl methyl sites for hydroxylation is 1. The quantitative estimate of drug-likeness (QED) is 0.365. The van der Waals surface area contributed by atoms with Crippen molar-refractivity contribution >= 4 is 23.8 Å². The minimum Gasteiger partial charge on any atom is -0.444 e. The first-order chi connectivity index (χ1) is 16.4. The van der Waals surface area contributed by atoms with Crippen LogP contribution in [0.1, 0.15) is 83.9 Å². The lowest BCUT2D eigenvalue weighted by Gasteiger charge is -2.35. The SMILES string of the molecule is CCCCNC(=O)C(c1ccccc1C)N(CCCC)C(=O)C(CC(N)=O)NC(=O)OC(C)(C)C. The molecule has 196 valence electrons. The third-order valence-electron chi connectivity index (χ3n) is 5.30. The molecule has 1 aromatic carbocycles. The number of carbonyl (C=O) groups excluding carboxylic acids is 4. The van der Waals surface area contributed by atoms with Gasteiger partial charge in [-0.05, 0) is 51.7 Å². The minimum atomic E-state index is -1.27. The summed E-state index contributed by atoms with van der Waals surface area (Å²) in [7, 11) is 0. The molecule has 0 aromatic heterocycles. The number of nitrogens with two attached hydrogens (primary N) is 1. The average Bonchev–Trinajstić information content (AvgIpc) is 2.75. The van der Waals surface area contributed by atoms with Gasteiger partial charge in [0.05, 0.1) is 6.42 Å². The van der Waals surface area contributed by atoms with Crippen molar-refractivity contribution in [1.29, 1.82) is 0 Å². The highest BCUT2D eigenvalue weighted by atomic mass is 16.6. The number of rotatable bonds is 13. The molecule has 0 bridgehead atoms. The maximum Gasteiger partial charge on any atom is 0.408 e. The molecule has 9 nitrogen and oxygen atoms in total. The number of nitrogens with one attached hydrogen (secondary N) is 2. The number of hydrogen-bond acceptors (Lipinski definition) is 5. The lowest BCUT2D eigenvalue weighted by atomic mass is 9.97. The molecule has 2 unspecified atom stereocenters. The highest BCUT2D eigenvalue weighted by Crippen LogP contribution is 2.26. The molecule has 1 rings (SSSR count). The number of ether oxygens (including phenoxy) is 1. The summed E-state index contributed by atoms with van der Waals surface area (Å²) in [6, 6.07) is 5.18. The largest absolute Gasteiger partial charge is 0.444 e. The number of amides is 4. The number of alkyl carbamates (subject to hydrolysis) is 1. The summed E-state index contributed by atoms with van der Waals surface area (Å²) in [5.41, 5.74) is 6.14. The standard InChI is InChI=1S/C26H42N4O5/c1-7-9-15-28-23(32)22(19-14-12-11-13-18(19)3)30(16-10-8-2)24(33)20(17-21(27)31)29-25(34)35-26(4,5)6/h11-14,20,22H,7-10,15-17H2,1-6H3,(H2,27,31)(H,28,32)(H,29,34).